The van der Waals surface area contributed by atoms with Gasteiger partial charge >= 0.3 is 5.97 Å². The van der Waals surface area contributed by atoms with Crippen molar-refractivity contribution in [1.82, 2.24) is 9.88 Å². The second-order valence-corrected chi connectivity index (χ2v) is 10.3. The van der Waals surface area contributed by atoms with Gasteiger partial charge in [0.2, 0.25) is 0 Å². The Bertz CT molecular complexity index is 1200. The van der Waals surface area contributed by atoms with Crippen molar-refractivity contribution in [2.24, 2.45) is 11.8 Å². The van der Waals surface area contributed by atoms with Gasteiger partial charge in [-0.05, 0) is 73.7 Å². The van der Waals surface area contributed by atoms with Gasteiger partial charge in [0.25, 0.3) is 0 Å². The first-order valence-corrected chi connectivity index (χ1v) is 13.0. The lowest BCUT2D eigenvalue weighted by Crippen LogP contribution is -2.44. The topological polar surface area (TPSA) is 82.9 Å². The summed E-state index contributed by atoms with van der Waals surface area (Å²) >= 11 is 1.35. The van der Waals surface area contributed by atoms with E-state index < -0.39 is 29.6 Å². The van der Waals surface area contributed by atoms with Crippen molar-refractivity contribution in [3.8, 4) is 5.75 Å². The predicted octanol–water partition coefficient (Wildman–Crippen LogP) is 5.99. The number of carbonyl (C=O) groups is 1. The highest BCUT2D eigenvalue weighted by Crippen LogP contribution is 2.34. The molecule has 1 saturated heterocycles. The molecule has 1 aromatic heterocycles. The van der Waals surface area contributed by atoms with Gasteiger partial charge in [-0.1, -0.05) is 0 Å². The van der Waals surface area contributed by atoms with Crippen LogP contribution in [0.1, 0.15) is 30.9 Å². The number of methoxy groups -OCH3 is 1. The number of rotatable bonds is 10. The van der Waals surface area contributed by atoms with Gasteiger partial charge in [-0.2, -0.15) is 0 Å². The average molecular weight is 590 g/mol. The zero-order chi connectivity index (χ0) is 25.7. The van der Waals surface area contributed by atoms with E-state index >= 15 is 0 Å². The number of aliphatic hydroxyl groups is 1. The van der Waals surface area contributed by atoms with Gasteiger partial charge in [0, 0.05) is 41.4 Å². The third kappa shape index (κ3) is 8.16. The Morgan fingerprint density at radius 1 is 1.18 bits per heavy atom. The first-order chi connectivity index (χ1) is 17.3. The minimum Gasteiger partial charge on any atom is -0.497 e. The Hall–Kier alpha value is -2.17. The van der Waals surface area contributed by atoms with Crippen molar-refractivity contribution in [2.45, 2.75) is 30.3 Å². The standard InChI is InChI=1S/C27H30F2N2O4S.2ClH/c1-35-20-3-4-25-23(15-20)22(6-8-30-25)26(32)5-2-17-7-9-31(16-24(17)27(33)34)10-11-36-21-13-18(28)12-19(29)14-21;;/h3-4,6,8,12-15,17,24,26,32H,2,5,7,9-11,16H2,1H3,(H,33,34);2*1H/t17-,24+,26+;;/m1../s1. The summed E-state index contributed by atoms with van der Waals surface area (Å²) in [6.45, 7) is 1.80. The monoisotopic (exact) mass is 588 g/mol. The number of thioether (sulfide) groups is 1. The molecule has 2 heterocycles. The van der Waals surface area contributed by atoms with E-state index in [0.29, 0.717) is 48.7 Å². The highest BCUT2D eigenvalue weighted by molar-refractivity contribution is 7.99. The molecule has 0 amide bonds. The third-order valence-electron chi connectivity index (χ3n) is 6.82. The van der Waals surface area contributed by atoms with E-state index in [1.807, 2.05) is 18.2 Å². The number of aliphatic carboxylic acids is 1. The molecule has 38 heavy (non-hydrogen) atoms. The molecule has 3 aromatic rings. The molecule has 3 atom stereocenters. The number of hydrogen-bond donors (Lipinski definition) is 2. The fraction of sp³-hybridized carbons (Fsp3) is 0.407. The quantitative estimate of drug-likeness (QED) is 0.281. The third-order valence-corrected chi connectivity index (χ3v) is 7.78. The van der Waals surface area contributed by atoms with Gasteiger partial charge in [-0.3, -0.25) is 9.78 Å². The first-order valence-electron chi connectivity index (χ1n) is 12.0. The number of pyridine rings is 1. The molecule has 0 radical (unpaired) electrons. The minimum absolute atomic E-state index is 0. The molecule has 4 rings (SSSR count). The van der Waals surface area contributed by atoms with E-state index in [2.05, 4.69) is 9.88 Å². The van der Waals surface area contributed by atoms with Crippen LogP contribution in [0.5, 0.6) is 5.75 Å². The highest BCUT2D eigenvalue weighted by Gasteiger charge is 2.34. The summed E-state index contributed by atoms with van der Waals surface area (Å²) in [6, 6.07) is 10.8. The molecule has 1 aliphatic heterocycles. The van der Waals surface area contributed by atoms with Gasteiger partial charge in [0.05, 0.1) is 24.6 Å². The molecule has 0 unspecified atom stereocenters. The number of likely N-dealkylation sites (tertiary alicyclic amines) is 1. The normalized spacial score (nSPS) is 18.3. The fourth-order valence-electron chi connectivity index (χ4n) is 4.89. The number of nitrogens with zero attached hydrogens (tertiary/aromatic N) is 2. The number of hydrogen-bond acceptors (Lipinski definition) is 6. The van der Waals surface area contributed by atoms with Crippen molar-refractivity contribution in [2.75, 3.05) is 32.5 Å². The summed E-state index contributed by atoms with van der Waals surface area (Å²) < 4.78 is 32.1. The number of aromatic nitrogens is 1. The summed E-state index contributed by atoms with van der Waals surface area (Å²) in [7, 11) is 1.59. The lowest BCUT2D eigenvalue weighted by Gasteiger charge is -2.37. The lowest BCUT2D eigenvalue weighted by atomic mass is 9.81. The first kappa shape index (κ1) is 32.0. The smallest absolute Gasteiger partial charge is 0.308 e. The van der Waals surface area contributed by atoms with Crippen LogP contribution in [0.25, 0.3) is 10.9 Å². The molecule has 11 heteroatoms. The van der Waals surface area contributed by atoms with E-state index in [1.54, 1.807) is 19.4 Å². The zero-order valence-electron chi connectivity index (χ0n) is 20.9. The van der Waals surface area contributed by atoms with Crippen molar-refractivity contribution in [3.05, 3.63) is 65.9 Å². The zero-order valence-corrected chi connectivity index (χ0v) is 23.3. The number of piperidine rings is 1. The molecule has 0 bridgehead atoms. The molecule has 1 fully saturated rings. The summed E-state index contributed by atoms with van der Waals surface area (Å²) in [4.78, 5) is 19.0. The van der Waals surface area contributed by atoms with Crippen LogP contribution in [0.2, 0.25) is 0 Å². The molecule has 6 nitrogen and oxygen atoms in total. The number of fused-ring (bicyclic) bond motifs is 1. The van der Waals surface area contributed by atoms with Crippen molar-refractivity contribution in [3.63, 3.8) is 0 Å². The van der Waals surface area contributed by atoms with E-state index in [4.69, 9.17) is 4.74 Å². The molecule has 2 aromatic carbocycles. The van der Waals surface area contributed by atoms with Gasteiger partial charge < -0.3 is 19.8 Å². The minimum atomic E-state index is -0.835. The molecule has 2 N–H and O–H groups in total. The predicted molar refractivity (Wildman–Crippen MR) is 150 cm³/mol. The Labute approximate surface area is 237 Å². The maximum Gasteiger partial charge on any atom is 0.308 e. The molecule has 0 aliphatic carbocycles. The Balaban J connectivity index is 0.00000253. The number of halogens is 4. The maximum atomic E-state index is 13.4. The number of benzene rings is 2. The molecule has 1 aliphatic rings. The SMILES string of the molecule is COc1ccc2nccc([C@@H](O)CC[C@@H]3CCN(CCSc4cc(F)cc(F)c4)C[C@@H]3C(=O)O)c2c1.Cl.Cl. The van der Waals surface area contributed by atoms with Crippen LogP contribution < -0.4 is 4.74 Å². The molecule has 0 saturated carbocycles. The lowest BCUT2D eigenvalue weighted by molar-refractivity contribution is -0.146. The van der Waals surface area contributed by atoms with Gasteiger partial charge in [-0.15, -0.1) is 36.6 Å². The number of carboxylic acids is 1. The van der Waals surface area contributed by atoms with Gasteiger partial charge in [-0.25, -0.2) is 8.78 Å². The second-order valence-electron chi connectivity index (χ2n) is 9.12. The van der Waals surface area contributed by atoms with Crippen LogP contribution in [0.4, 0.5) is 8.78 Å². The Morgan fingerprint density at radius 2 is 1.92 bits per heavy atom. The Morgan fingerprint density at radius 3 is 2.61 bits per heavy atom. The largest absolute Gasteiger partial charge is 0.497 e. The van der Waals surface area contributed by atoms with E-state index in [-0.39, 0.29) is 30.7 Å². The van der Waals surface area contributed by atoms with Gasteiger partial charge in [0.15, 0.2) is 0 Å². The fourth-order valence-corrected chi connectivity index (χ4v) is 5.87. The average Bonchev–Trinajstić information content (AvgIpc) is 2.86. The van der Waals surface area contributed by atoms with E-state index in [9.17, 15) is 23.8 Å². The molecular weight excluding hydrogens is 557 g/mol. The van der Waals surface area contributed by atoms with Crippen molar-refractivity contribution < 1.29 is 28.5 Å². The molecular formula is C27H32Cl2F2N2O4S. The maximum absolute atomic E-state index is 13.4. The summed E-state index contributed by atoms with van der Waals surface area (Å²) in [5.74, 6) is -1.33. The number of carboxylic acid groups (broad SMARTS) is 1. The van der Waals surface area contributed by atoms with Crippen LogP contribution in [-0.4, -0.2) is 58.6 Å². The number of ether oxygens (including phenoxy) is 1. The van der Waals surface area contributed by atoms with Crippen LogP contribution in [0, 0.1) is 23.5 Å². The number of aliphatic hydroxyl groups excluding tert-OH is 1. The van der Waals surface area contributed by atoms with Crippen LogP contribution in [-0.2, 0) is 4.79 Å². The second kappa shape index (κ2) is 14.8. The molecule has 208 valence electrons. The Kier molecular flexibility index (Phi) is 12.5. The van der Waals surface area contributed by atoms with E-state index in [1.165, 1.54) is 23.9 Å². The molecule has 0 spiro atoms. The highest BCUT2D eigenvalue weighted by atomic mass is 35.5. The van der Waals surface area contributed by atoms with Gasteiger partial charge in [0.1, 0.15) is 17.4 Å². The summed E-state index contributed by atoms with van der Waals surface area (Å²) in [6.07, 6.45) is 2.69. The van der Waals surface area contributed by atoms with Crippen molar-refractivity contribution >= 4 is 53.4 Å². The van der Waals surface area contributed by atoms with Crippen LogP contribution >= 0.6 is 36.6 Å². The summed E-state index contributed by atoms with van der Waals surface area (Å²) in [5.41, 5.74) is 1.52. The summed E-state index contributed by atoms with van der Waals surface area (Å²) in [5, 5.41) is 21.7. The van der Waals surface area contributed by atoms with Crippen LogP contribution in [0.15, 0.2) is 53.6 Å². The van der Waals surface area contributed by atoms with E-state index in [0.717, 1.165) is 29.1 Å². The van der Waals surface area contributed by atoms with Crippen molar-refractivity contribution in [1.29, 1.82) is 0 Å². The van der Waals surface area contributed by atoms with Crippen LogP contribution in [0.3, 0.4) is 0 Å².